The van der Waals surface area contributed by atoms with Gasteiger partial charge in [-0.25, -0.2) is 17.9 Å². The third-order valence-corrected chi connectivity index (χ3v) is 6.01. The van der Waals surface area contributed by atoms with Crippen LogP contribution >= 0.6 is 0 Å². The average Bonchev–Trinajstić information content (AvgIpc) is 2.69. The van der Waals surface area contributed by atoms with Crippen LogP contribution in [-0.4, -0.2) is 54.1 Å². The number of esters is 1. The zero-order valence-corrected chi connectivity index (χ0v) is 17.1. The number of aromatic nitrogens is 2. The van der Waals surface area contributed by atoms with Gasteiger partial charge in [0.25, 0.3) is 11.5 Å². The number of carbonyl (C=O) groups excluding carboxylic acids is 2. The van der Waals surface area contributed by atoms with E-state index < -0.39 is 28.5 Å². The third kappa shape index (κ3) is 5.48. The molecule has 0 unspecified atom stereocenters. The summed E-state index contributed by atoms with van der Waals surface area (Å²) in [7, 11) is -2.29. The fourth-order valence-electron chi connectivity index (χ4n) is 2.46. The minimum Gasteiger partial charge on any atom is -0.451 e. The summed E-state index contributed by atoms with van der Waals surface area (Å²) in [6, 6.07) is 8.16. The number of anilines is 1. The largest absolute Gasteiger partial charge is 0.451 e. The number of hydrogen-bond acceptors (Lipinski definition) is 7. The van der Waals surface area contributed by atoms with Crippen molar-refractivity contribution >= 4 is 27.6 Å². The summed E-state index contributed by atoms with van der Waals surface area (Å²) in [5.41, 5.74) is -0.259. The van der Waals surface area contributed by atoms with Crippen LogP contribution in [0.2, 0.25) is 0 Å². The number of nitrogens with zero attached hydrogens (tertiary/aromatic N) is 3. The number of sulfonamides is 1. The van der Waals surface area contributed by atoms with Gasteiger partial charge >= 0.3 is 5.97 Å². The molecule has 0 aliphatic rings. The van der Waals surface area contributed by atoms with Gasteiger partial charge in [0, 0.05) is 31.9 Å². The molecule has 1 aromatic carbocycles. The van der Waals surface area contributed by atoms with Crippen LogP contribution in [0.4, 0.5) is 5.69 Å². The molecular weight excluding hydrogens is 400 g/mol. The summed E-state index contributed by atoms with van der Waals surface area (Å²) in [4.78, 5) is 35.3. The van der Waals surface area contributed by atoms with E-state index in [9.17, 15) is 22.8 Å². The van der Waals surface area contributed by atoms with Crippen LogP contribution in [0.3, 0.4) is 0 Å². The fourth-order valence-corrected chi connectivity index (χ4v) is 3.96. The van der Waals surface area contributed by atoms with E-state index in [1.165, 1.54) is 41.7 Å². The first kappa shape index (κ1) is 22.2. The summed E-state index contributed by atoms with van der Waals surface area (Å²) in [5.74, 6) is -1.52. The lowest BCUT2D eigenvalue weighted by Gasteiger charge is -2.18. The minimum absolute atomic E-state index is 0.0467. The first-order valence-corrected chi connectivity index (χ1v) is 10.2. The summed E-state index contributed by atoms with van der Waals surface area (Å²) in [6.07, 6.45) is 0. The zero-order valence-electron chi connectivity index (χ0n) is 16.3. The smallest absolute Gasteiger partial charge is 0.359 e. The van der Waals surface area contributed by atoms with Gasteiger partial charge in [-0.05, 0) is 24.3 Å². The van der Waals surface area contributed by atoms with Crippen molar-refractivity contribution in [2.75, 3.05) is 25.0 Å². The van der Waals surface area contributed by atoms with E-state index >= 15 is 0 Å². The molecule has 29 heavy (non-hydrogen) atoms. The molecule has 0 aliphatic carbocycles. The van der Waals surface area contributed by atoms with Crippen molar-refractivity contribution in [3.05, 3.63) is 52.4 Å². The van der Waals surface area contributed by atoms with Crippen molar-refractivity contribution in [1.29, 1.82) is 0 Å². The lowest BCUT2D eigenvalue weighted by atomic mass is 10.3. The number of rotatable bonds is 8. The van der Waals surface area contributed by atoms with Crippen molar-refractivity contribution in [2.24, 2.45) is 7.05 Å². The van der Waals surface area contributed by atoms with Crippen molar-refractivity contribution in [3.63, 3.8) is 0 Å². The molecule has 1 aromatic heterocycles. The predicted octanol–water partition coefficient (Wildman–Crippen LogP) is 0.606. The van der Waals surface area contributed by atoms with Gasteiger partial charge in [0.05, 0.1) is 4.90 Å². The third-order valence-electron chi connectivity index (χ3n) is 3.96. The first-order valence-electron chi connectivity index (χ1n) is 8.80. The maximum atomic E-state index is 12.6. The Morgan fingerprint density at radius 3 is 2.48 bits per heavy atom. The highest BCUT2D eigenvalue weighted by Gasteiger charge is 2.22. The normalized spacial score (nSPS) is 11.3. The second-order valence-electron chi connectivity index (χ2n) is 5.92. The number of amides is 1. The van der Waals surface area contributed by atoms with E-state index in [1.807, 2.05) is 0 Å². The first-order chi connectivity index (χ1) is 13.7. The number of nitrogens with one attached hydrogen (secondary N) is 1. The summed E-state index contributed by atoms with van der Waals surface area (Å²) < 4.78 is 32.3. The van der Waals surface area contributed by atoms with Crippen molar-refractivity contribution in [3.8, 4) is 0 Å². The fraction of sp³-hybridized carbons (Fsp3) is 0.333. The van der Waals surface area contributed by atoms with Gasteiger partial charge in [-0.15, -0.1) is 0 Å². The highest BCUT2D eigenvalue weighted by atomic mass is 32.2. The van der Waals surface area contributed by atoms with Crippen LogP contribution in [0.15, 0.2) is 46.1 Å². The molecule has 10 nitrogen and oxygen atoms in total. The average molecular weight is 422 g/mol. The molecule has 1 amide bonds. The van der Waals surface area contributed by atoms with Gasteiger partial charge in [-0.3, -0.25) is 9.59 Å². The van der Waals surface area contributed by atoms with Gasteiger partial charge in [-0.2, -0.15) is 9.40 Å². The Morgan fingerprint density at radius 2 is 1.86 bits per heavy atom. The van der Waals surface area contributed by atoms with E-state index in [1.54, 1.807) is 13.8 Å². The van der Waals surface area contributed by atoms with E-state index in [-0.39, 0.29) is 21.8 Å². The molecule has 0 bridgehead atoms. The van der Waals surface area contributed by atoms with Crippen LogP contribution in [0.25, 0.3) is 0 Å². The maximum Gasteiger partial charge on any atom is 0.359 e. The number of hydrogen-bond donors (Lipinski definition) is 1. The number of ether oxygens (including phenoxy) is 1. The van der Waals surface area contributed by atoms with Gasteiger partial charge in [0.15, 0.2) is 12.3 Å². The van der Waals surface area contributed by atoms with Crippen molar-refractivity contribution in [1.82, 2.24) is 14.1 Å². The Balaban J connectivity index is 2.03. The van der Waals surface area contributed by atoms with Crippen LogP contribution < -0.4 is 10.9 Å². The van der Waals surface area contributed by atoms with Crippen LogP contribution in [0.5, 0.6) is 0 Å². The SMILES string of the molecule is CCN(CC)S(=O)(=O)c1cccc(NC(=O)COC(=O)c2ccc(=O)n(C)n2)c1. The van der Waals surface area contributed by atoms with Crippen molar-refractivity contribution in [2.45, 2.75) is 18.7 Å². The molecule has 0 fully saturated rings. The monoisotopic (exact) mass is 422 g/mol. The Labute approximate surface area is 168 Å². The standard InChI is InChI=1S/C18H22N4O6S/c1-4-22(5-2)29(26,27)14-8-6-7-13(11-14)19-16(23)12-28-18(25)15-9-10-17(24)21(3)20-15/h6-11H,4-5,12H2,1-3H3,(H,19,23). The highest BCUT2D eigenvalue weighted by Crippen LogP contribution is 2.19. The molecule has 11 heteroatoms. The molecule has 0 spiro atoms. The minimum atomic E-state index is -3.67. The van der Waals surface area contributed by atoms with Gasteiger partial charge in [-0.1, -0.05) is 19.9 Å². The van der Waals surface area contributed by atoms with Crippen molar-refractivity contribution < 1.29 is 22.7 Å². The molecular formula is C18H22N4O6S. The predicted molar refractivity (Wildman–Crippen MR) is 105 cm³/mol. The quantitative estimate of drug-likeness (QED) is 0.617. The summed E-state index contributed by atoms with van der Waals surface area (Å²) >= 11 is 0. The molecule has 0 radical (unpaired) electrons. The molecule has 2 rings (SSSR count). The van der Waals surface area contributed by atoms with E-state index in [2.05, 4.69) is 10.4 Å². The van der Waals surface area contributed by atoms with Gasteiger partial charge < -0.3 is 10.1 Å². The highest BCUT2D eigenvalue weighted by molar-refractivity contribution is 7.89. The van der Waals surface area contributed by atoms with E-state index in [0.717, 1.165) is 10.7 Å². The molecule has 0 atom stereocenters. The Kier molecular flexibility index (Phi) is 7.23. The van der Waals surface area contributed by atoms with E-state index in [4.69, 9.17) is 4.74 Å². The van der Waals surface area contributed by atoms with Crippen LogP contribution in [-0.2, 0) is 26.6 Å². The molecule has 156 valence electrons. The molecule has 2 aromatic rings. The molecule has 0 aliphatic heterocycles. The number of carbonyl (C=O) groups is 2. The zero-order chi connectivity index (χ0) is 21.6. The lowest BCUT2D eigenvalue weighted by molar-refractivity contribution is -0.119. The topological polar surface area (TPSA) is 128 Å². The Bertz CT molecular complexity index is 1060. The van der Waals surface area contributed by atoms with Gasteiger partial charge in [0.1, 0.15) is 0 Å². The molecule has 0 saturated heterocycles. The lowest BCUT2D eigenvalue weighted by Crippen LogP contribution is -2.30. The second-order valence-corrected chi connectivity index (χ2v) is 7.86. The molecule has 0 saturated carbocycles. The Hall–Kier alpha value is -3.05. The van der Waals surface area contributed by atoms with Crippen LogP contribution in [0, 0.1) is 0 Å². The van der Waals surface area contributed by atoms with Gasteiger partial charge in [0.2, 0.25) is 10.0 Å². The molecule has 1 heterocycles. The summed E-state index contributed by atoms with van der Waals surface area (Å²) in [6.45, 7) is 3.52. The Morgan fingerprint density at radius 1 is 1.17 bits per heavy atom. The second kappa shape index (κ2) is 9.43. The van der Waals surface area contributed by atoms with E-state index in [0.29, 0.717) is 13.1 Å². The summed E-state index contributed by atoms with van der Waals surface area (Å²) in [5, 5.41) is 6.21. The van der Waals surface area contributed by atoms with Crippen LogP contribution in [0.1, 0.15) is 24.3 Å². The molecule has 1 N–H and O–H groups in total. The number of benzene rings is 1. The number of aryl methyl sites for hydroxylation is 1. The maximum absolute atomic E-state index is 12.6.